The minimum Gasteiger partial charge on any atom is -0.460 e. The van der Waals surface area contributed by atoms with E-state index in [-0.39, 0.29) is 5.91 Å². The zero-order chi connectivity index (χ0) is 21.9. The summed E-state index contributed by atoms with van der Waals surface area (Å²) in [6.07, 6.45) is 2.64. The summed E-state index contributed by atoms with van der Waals surface area (Å²) >= 11 is 1.59. The summed E-state index contributed by atoms with van der Waals surface area (Å²) in [7, 11) is 0. The summed E-state index contributed by atoms with van der Waals surface area (Å²) in [6.45, 7) is 6.91. The summed E-state index contributed by atoms with van der Waals surface area (Å²) in [4.78, 5) is 19.6. The standard InChI is InChI=1S/C24H25N3O4S/c1-16-22(24(28)26-7-2-9-27-10-12-29-13-11-27)18-4-3-17(15-21(18)30-16)31-20-5-8-25-19-6-14-32-23(19)20/h3-6,8,14-15H,2,7,9-13H2,1H3,(H,26,28). The number of pyridine rings is 1. The molecule has 0 radical (unpaired) electrons. The molecule has 4 aromatic rings. The van der Waals surface area contributed by atoms with E-state index in [1.165, 1.54) is 0 Å². The zero-order valence-electron chi connectivity index (χ0n) is 17.9. The molecule has 7 nitrogen and oxygen atoms in total. The number of amides is 1. The lowest BCUT2D eigenvalue weighted by atomic mass is 10.1. The molecule has 5 rings (SSSR count). The van der Waals surface area contributed by atoms with Gasteiger partial charge in [0.05, 0.1) is 29.0 Å². The first-order valence-electron chi connectivity index (χ1n) is 10.8. The number of ether oxygens (including phenoxy) is 2. The molecule has 4 heterocycles. The van der Waals surface area contributed by atoms with Gasteiger partial charge in [-0.05, 0) is 43.5 Å². The Balaban J connectivity index is 1.26. The average molecular weight is 452 g/mol. The normalized spacial score (nSPS) is 14.8. The lowest BCUT2D eigenvalue weighted by Gasteiger charge is -2.26. The summed E-state index contributed by atoms with van der Waals surface area (Å²) in [5.74, 6) is 1.91. The van der Waals surface area contributed by atoms with E-state index >= 15 is 0 Å². The number of hydrogen-bond acceptors (Lipinski definition) is 7. The van der Waals surface area contributed by atoms with Gasteiger partial charge in [0, 0.05) is 43.4 Å². The number of rotatable bonds is 7. The van der Waals surface area contributed by atoms with Crippen molar-refractivity contribution in [3.05, 3.63) is 53.2 Å². The summed E-state index contributed by atoms with van der Waals surface area (Å²) < 4.78 is 18.4. The van der Waals surface area contributed by atoms with Crippen LogP contribution in [0.1, 0.15) is 22.5 Å². The molecule has 8 heteroatoms. The average Bonchev–Trinajstić information content (AvgIpc) is 3.41. The van der Waals surface area contributed by atoms with Crippen LogP contribution in [0.2, 0.25) is 0 Å². The van der Waals surface area contributed by atoms with Gasteiger partial charge in [-0.3, -0.25) is 14.7 Å². The highest BCUT2D eigenvalue weighted by molar-refractivity contribution is 7.17. The van der Waals surface area contributed by atoms with Crippen LogP contribution in [0.5, 0.6) is 11.5 Å². The van der Waals surface area contributed by atoms with Gasteiger partial charge in [-0.25, -0.2) is 0 Å². The molecule has 0 atom stereocenters. The molecule has 32 heavy (non-hydrogen) atoms. The third kappa shape index (κ3) is 4.34. The first-order chi connectivity index (χ1) is 15.7. The monoisotopic (exact) mass is 451 g/mol. The Kier molecular flexibility index (Phi) is 6.07. The van der Waals surface area contributed by atoms with Crippen molar-refractivity contribution in [1.29, 1.82) is 0 Å². The second-order valence-electron chi connectivity index (χ2n) is 7.80. The molecule has 1 fully saturated rings. The van der Waals surface area contributed by atoms with Crippen LogP contribution in [0.4, 0.5) is 0 Å². The lowest BCUT2D eigenvalue weighted by Crippen LogP contribution is -2.38. The number of carbonyl (C=O) groups excluding carboxylic acids is 1. The molecule has 3 aromatic heterocycles. The zero-order valence-corrected chi connectivity index (χ0v) is 18.7. The molecule has 0 bridgehead atoms. The first kappa shape index (κ1) is 20.9. The number of carbonyl (C=O) groups is 1. The Hall–Kier alpha value is -2.94. The molecule has 0 aliphatic carbocycles. The first-order valence-corrected chi connectivity index (χ1v) is 11.7. The Bertz CT molecular complexity index is 1240. The fraction of sp³-hybridized carbons (Fsp3) is 0.333. The SMILES string of the molecule is Cc1oc2cc(Oc3ccnc4ccsc34)ccc2c1C(=O)NCCCN1CCOCC1. The Morgan fingerprint density at radius 1 is 1.25 bits per heavy atom. The van der Waals surface area contributed by atoms with Gasteiger partial charge in [-0.15, -0.1) is 11.3 Å². The summed E-state index contributed by atoms with van der Waals surface area (Å²) in [6, 6.07) is 9.41. The number of hydrogen-bond donors (Lipinski definition) is 1. The molecule has 0 unspecified atom stereocenters. The second kappa shape index (κ2) is 9.28. The molecule has 1 aromatic carbocycles. The van der Waals surface area contributed by atoms with Crippen molar-refractivity contribution in [3.63, 3.8) is 0 Å². The maximum absolute atomic E-state index is 12.8. The Morgan fingerprint density at radius 2 is 2.12 bits per heavy atom. The van der Waals surface area contributed by atoms with E-state index < -0.39 is 0 Å². The molecule has 1 N–H and O–H groups in total. The van der Waals surface area contributed by atoms with Crippen LogP contribution in [0.15, 0.2) is 46.3 Å². The van der Waals surface area contributed by atoms with Gasteiger partial charge in [-0.1, -0.05) is 0 Å². The van der Waals surface area contributed by atoms with E-state index in [0.29, 0.717) is 29.2 Å². The fourth-order valence-corrected chi connectivity index (χ4v) is 4.82. The topological polar surface area (TPSA) is 76.8 Å². The van der Waals surface area contributed by atoms with E-state index in [4.69, 9.17) is 13.9 Å². The maximum atomic E-state index is 12.8. The molecular formula is C24H25N3O4S. The highest BCUT2D eigenvalue weighted by Crippen LogP contribution is 2.35. The number of thiophene rings is 1. The van der Waals surface area contributed by atoms with Gasteiger partial charge in [0.2, 0.25) is 0 Å². The number of fused-ring (bicyclic) bond motifs is 2. The van der Waals surface area contributed by atoms with E-state index in [1.54, 1.807) is 17.5 Å². The fourth-order valence-electron chi connectivity index (χ4n) is 4.02. The van der Waals surface area contributed by atoms with E-state index in [1.807, 2.05) is 42.6 Å². The van der Waals surface area contributed by atoms with Crippen LogP contribution in [-0.4, -0.2) is 55.2 Å². The van der Waals surface area contributed by atoms with Gasteiger partial charge in [0.15, 0.2) is 0 Å². The molecule has 1 aliphatic heterocycles. The molecule has 0 saturated carbocycles. The Labute approximate surface area is 189 Å². The van der Waals surface area contributed by atoms with Gasteiger partial charge >= 0.3 is 0 Å². The van der Waals surface area contributed by atoms with Gasteiger partial charge < -0.3 is 19.2 Å². The highest BCUT2D eigenvalue weighted by Gasteiger charge is 2.19. The van der Waals surface area contributed by atoms with Crippen molar-refractivity contribution in [2.75, 3.05) is 39.4 Å². The summed E-state index contributed by atoms with van der Waals surface area (Å²) in [5, 5.41) is 5.82. The highest BCUT2D eigenvalue weighted by atomic mass is 32.1. The van der Waals surface area contributed by atoms with E-state index in [2.05, 4.69) is 15.2 Å². The number of morpholine rings is 1. The van der Waals surface area contributed by atoms with Crippen LogP contribution in [-0.2, 0) is 4.74 Å². The van der Waals surface area contributed by atoms with Crippen LogP contribution in [0.25, 0.3) is 21.2 Å². The minimum atomic E-state index is -0.105. The van der Waals surface area contributed by atoms with E-state index in [0.717, 1.165) is 60.6 Å². The van der Waals surface area contributed by atoms with Gasteiger partial charge in [0.1, 0.15) is 22.8 Å². The number of nitrogens with zero attached hydrogens (tertiary/aromatic N) is 2. The predicted octanol–water partition coefficient (Wildman–Crippen LogP) is 4.60. The molecule has 1 aliphatic rings. The van der Waals surface area contributed by atoms with Crippen LogP contribution >= 0.6 is 11.3 Å². The number of aromatic nitrogens is 1. The number of nitrogens with one attached hydrogen (secondary N) is 1. The summed E-state index contributed by atoms with van der Waals surface area (Å²) in [5.41, 5.74) is 2.13. The number of furan rings is 1. The van der Waals surface area contributed by atoms with Crippen molar-refractivity contribution in [3.8, 4) is 11.5 Å². The predicted molar refractivity (Wildman–Crippen MR) is 125 cm³/mol. The largest absolute Gasteiger partial charge is 0.460 e. The van der Waals surface area contributed by atoms with Crippen molar-refractivity contribution in [2.45, 2.75) is 13.3 Å². The van der Waals surface area contributed by atoms with Crippen molar-refractivity contribution < 1.29 is 18.7 Å². The van der Waals surface area contributed by atoms with E-state index in [9.17, 15) is 4.79 Å². The maximum Gasteiger partial charge on any atom is 0.255 e. The van der Waals surface area contributed by atoms with Gasteiger partial charge in [-0.2, -0.15) is 0 Å². The third-order valence-electron chi connectivity index (χ3n) is 5.64. The molecular weight excluding hydrogens is 426 g/mol. The Morgan fingerprint density at radius 3 is 3.00 bits per heavy atom. The second-order valence-corrected chi connectivity index (χ2v) is 8.72. The van der Waals surface area contributed by atoms with Crippen molar-refractivity contribution in [2.24, 2.45) is 0 Å². The minimum absolute atomic E-state index is 0.105. The van der Waals surface area contributed by atoms with Crippen LogP contribution in [0, 0.1) is 6.92 Å². The smallest absolute Gasteiger partial charge is 0.255 e. The van der Waals surface area contributed by atoms with Gasteiger partial charge in [0.25, 0.3) is 5.91 Å². The number of benzene rings is 1. The molecule has 1 saturated heterocycles. The van der Waals surface area contributed by atoms with Crippen molar-refractivity contribution >= 4 is 38.4 Å². The number of aryl methyl sites for hydroxylation is 1. The molecule has 166 valence electrons. The van der Waals surface area contributed by atoms with Crippen LogP contribution in [0.3, 0.4) is 0 Å². The molecule has 1 amide bonds. The molecule has 0 spiro atoms. The lowest BCUT2D eigenvalue weighted by molar-refractivity contribution is 0.0374. The third-order valence-corrected chi connectivity index (χ3v) is 6.56. The quantitative estimate of drug-likeness (QED) is 0.414. The van der Waals surface area contributed by atoms with Crippen LogP contribution < -0.4 is 10.1 Å². The van der Waals surface area contributed by atoms with Crippen molar-refractivity contribution in [1.82, 2.24) is 15.2 Å².